The van der Waals surface area contributed by atoms with Crippen LogP contribution in [0, 0.1) is 11.8 Å². The number of aromatic nitrogens is 4. The first-order chi connectivity index (χ1) is 13.6. The van der Waals surface area contributed by atoms with Crippen LogP contribution in [0.3, 0.4) is 0 Å². The summed E-state index contributed by atoms with van der Waals surface area (Å²) >= 11 is 0. The third-order valence-corrected chi connectivity index (χ3v) is 5.79. The summed E-state index contributed by atoms with van der Waals surface area (Å²) in [6, 6.07) is 14.7. The van der Waals surface area contributed by atoms with Gasteiger partial charge in [0.05, 0.1) is 5.52 Å². The molecule has 142 valence electrons. The number of hydrogen-bond acceptors (Lipinski definition) is 4. The van der Waals surface area contributed by atoms with E-state index in [0.717, 1.165) is 40.1 Å². The molecule has 1 aliphatic carbocycles. The van der Waals surface area contributed by atoms with Gasteiger partial charge in [-0.05, 0) is 59.9 Å². The fourth-order valence-corrected chi connectivity index (χ4v) is 4.32. The fraction of sp³-hybridized carbons (Fsp3) is 0.348. The summed E-state index contributed by atoms with van der Waals surface area (Å²) in [7, 11) is 0. The molecular formula is C23H25N5. The Labute approximate surface area is 164 Å². The summed E-state index contributed by atoms with van der Waals surface area (Å²) in [6.07, 6.45) is 4.54. The molecule has 3 aromatic heterocycles. The molecule has 5 heteroatoms. The number of benzene rings is 1. The van der Waals surface area contributed by atoms with Gasteiger partial charge in [-0.3, -0.25) is 4.40 Å². The lowest BCUT2D eigenvalue weighted by Crippen LogP contribution is -1.98. The highest BCUT2D eigenvalue weighted by Crippen LogP contribution is 2.52. The van der Waals surface area contributed by atoms with Crippen molar-refractivity contribution in [1.29, 1.82) is 0 Å². The molecule has 1 fully saturated rings. The van der Waals surface area contributed by atoms with E-state index in [-0.39, 0.29) is 0 Å². The Hall–Kier alpha value is -2.79. The molecule has 5 rings (SSSR count). The molecule has 0 saturated heterocycles. The highest BCUT2D eigenvalue weighted by Gasteiger charge is 2.39. The topological polar surface area (TPSA) is 69.1 Å². The largest absolute Gasteiger partial charge is 0.326 e. The molecular weight excluding hydrogens is 346 g/mol. The minimum absolute atomic E-state index is 0.495. The van der Waals surface area contributed by atoms with E-state index >= 15 is 0 Å². The van der Waals surface area contributed by atoms with Crippen LogP contribution in [0.4, 0.5) is 0 Å². The summed E-state index contributed by atoms with van der Waals surface area (Å²) < 4.78 is 1.98. The quantitative estimate of drug-likeness (QED) is 0.559. The molecule has 28 heavy (non-hydrogen) atoms. The zero-order valence-electron chi connectivity index (χ0n) is 16.3. The summed E-state index contributed by atoms with van der Waals surface area (Å²) in [5.74, 6) is 2.94. The minimum Gasteiger partial charge on any atom is -0.326 e. The molecule has 5 nitrogen and oxygen atoms in total. The van der Waals surface area contributed by atoms with Gasteiger partial charge in [0.15, 0.2) is 11.5 Å². The predicted octanol–water partition coefficient (Wildman–Crippen LogP) is 4.55. The summed E-state index contributed by atoms with van der Waals surface area (Å²) in [5.41, 5.74) is 10.9. The second kappa shape index (κ2) is 6.67. The average Bonchev–Trinajstić information content (AvgIpc) is 3.32. The van der Waals surface area contributed by atoms with Crippen LogP contribution in [0.2, 0.25) is 0 Å². The van der Waals surface area contributed by atoms with Crippen LogP contribution in [0.25, 0.3) is 28.1 Å². The van der Waals surface area contributed by atoms with E-state index in [4.69, 9.17) is 10.7 Å². The molecule has 0 aliphatic heterocycles. The van der Waals surface area contributed by atoms with Gasteiger partial charge >= 0.3 is 0 Å². The van der Waals surface area contributed by atoms with Crippen LogP contribution in [0.15, 0.2) is 48.7 Å². The van der Waals surface area contributed by atoms with E-state index in [2.05, 4.69) is 48.3 Å². The third-order valence-electron chi connectivity index (χ3n) is 5.79. The summed E-state index contributed by atoms with van der Waals surface area (Å²) in [5, 5.41) is 9.91. The number of fused-ring (bicyclic) bond motifs is 2. The fourth-order valence-electron chi connectivity index (χ4n) is 4.32. The van der Waals surface area contributed by atoms with Crippen molar-refractivity contribution in [3.05, 3.63) is 59.8 Å². The maximum absolute atomic E-state index is 5.74. The van der Waals surface area contributed by atoms with Crippen molar-refractivity contribution in [1.82, 2.24) is 19.6 Å². The van der Waals surface area contributed by atoms with E-state index in [9.17, 15) is 0 Å². The summed E-state index contributed by atoms with van der Waals surface area (Å²) in [6.45, 7) is 5.11. The smallest absolute Gasteiger partial charge is 0.187 e. The lowest BCUT2D eigenvalue weighted by molar-refractivity contribution is 0.532. The third kappa shape index (κ3) is 2.96. The molecule has 1 aromatic carbocycles. The Kier molecular flexibility index (Phi) is 4.13. The van der Waals surface area contributed by atoms with Gasteiger partial charge in [0.25, 0.3) is 0 Å². The number of hydrogen-bond donors (Lipinski definition) is 1. The molecule has 0 bridgehead atoms. The predicted molar refractivity (Wildman–Crippen MR) is 112 cm³/mol. The maximum Gasteiger partial charge on any atom is 0.187 e. The first-order valence-corrected chi connectivity index (χ1v) is 10.1. The van der Waals surface area contributed by atoms with Crippen molar-refractivity contribution in [2.75, 3.05) is 0 Å². The van der Waals surface area contributed by atoms with Crippen molar-refractivity contribution in [2.24, 2.45) is 17.6 Å². The zero-order chi connectivity index (χ0) is 19.3. The first-order valence-electron chi connectivity index (χ1n) is 10.1. The standard InChI is InChI=1S/C23H25N5/c1-14(2)10-17-12-19(17)18-5-3-4-16-6-7-20(25-22(16)18)23-27-26-21-11-15(13-24)8-9-28(21)23/h3-9,11,14,17,19H,10,12-13,24H2,1-2H3. The summed E-state index contributed by atoms with van der Waals surface area (Å²) in [4.78, 5) is 5.04. The van der Waals surface area contributed by atoms with Gasteiger partial charge in [0, 0.05) is 18.1 Å². The highest BCUT2D eigenvalue weighted by atomic mass is 15.2. The molecule has 0 radical (unpaired) electrons. The van der Waals surface area contributed by atoms with Gasteiger partial charge < -0.3 is 5.73 Å². The van der Waals surface area contributed by atoms with Crippen LogP contribution in [0.5, 0.6) is 0 Å². The Morgan fingerprint density at radius 2 is 2.04 bits per heavy atom. The second-order valence-electron chi connectivity index (χ2n) is 8.34. The zero-order valence-corrected chi connectivity index (χ0v) is 16.3. The van der Waals surface area contributed by atoms with Crippen LogP contribution in [-0.2, 0) is 6.54 Å². The van der Waals surface area contributed by atoms with Crippen LogP contribution in [0.1, 0.15) is 43.7 Å². The van der Waals surface area contributed by atoms with Crippen LogP contribution >= 0.6 is 0 Å². The van der Waals surface area contributed by atoms with Gasteiger partial charge in [-0.25, -0.2) is 4.98 Å². The van der Waals surface area contributed by atoms with Gasteiger partial charge in [-0.1, -0.05) is 38.1 Å². The lowest BCUT2D eigenvalue weighted by atomic mass is 10.0. The van der Waals surface area contributed by atoms with Gasteiger partial charge in [0.1, 0.15) is 5.69 Å². The molecule has 1 aliphatic rings. The van der Waals surface area contributed by atoms with E-state index in [1.807, 2.05) is 28.8 Å². The number of nitrogens with zero attached hydrogens (tertiary/aromatic N) is 4. The lowest BCUT2D eigenvalue weighted by Gasteiger charge is -2.09. The van der Waals surface area contributed by atoms with Crippen molar-refractivity contribution in [3.8, 4) is 11.5 Å². The molecule has 0 amide bonds. The molecule has 0 spiro atoms. The number of pyridine rings is 2. The van der Waals surface area contributed by atoms with Gasteiger partial charge in [0.2, 0.25) is 0 Å². The van der Waals surface area contributed by atoms with E-state index in [1.165, 1.54) is 23.8 Å². The van der Waals surface area contributed by atoms with Crippen LogP contribution < -0.4 is 5.73 Å². The number of para-hydroxylation sites is 1. The molecule has 1 saturated carbocycles. The Morgan fingerprint density at radius 1 is 1.14 bits per heavy atom. The second-order valence-corrected chi connectivity index (χ2v) is 8.34. The van der Waals surface area contributed by atoms with E-state index in [1.54, 1.807) is 0 Å². The van der Waals surface area contributed by atoms with Gasteiger partial charge in [-0.2, -0.15) is 0 Å². The normalized spacial score (nSPS) is 19.0. The number of nitrogens with two attached hydrogens (primary N) is 1. The van der Waals surface area contributed by atoms with Crippen molar-refractivity contribution < 1.29 is 0 Å². The molecule has 2 atom stereocenters. The van der Waals surface area contributed by atoms with Gasteiger partial charge in [-0.15, -0.1) is 10.2 Å². The number of rotatable bonds is 5. The van der Waals surface area contributed by atoms with E-state index < -0.39 is 0 Å². The van der Waals surface area contributed by atoms with Crippen molar-refractivity contribution in [2.45, 2.75) is 39.2 Å². The van der Waals surface area contributed by atoms with Crippen LogP contribution in [-0.4, -0.2) is 19.6 Å². The first kappa shape index (κ1) is 17.3. The Balaban J connectivity index is 1.58. The molecule has 2 N–H and O–H groups in total. The molecule has 3 heterocycles. The van der Waals surface area contributed by atoms with Crippen molar-refractivity contribution in [3.63, 3.8) is 0 Å². The monoisotopic (exact) mass is 371 g/mol. The van der Waals surface area contributed by atoms with E-state index in [0.29, 0.717) is 12.5 Å². The SMILES string of the molecule is CC(C)CC1CC1c1cccc2ccc(-c3nnc4cc(CN)ccn34)nc12. The molecule has 2 unspecified atom stereocenters. The molecule has 4 aromatic rings. The Bertz CT molecular complexity index is 1160. The minimum atomic E-state index is 0.495. The highest BCUT2D eigenvalue weighted by molar-refractivity contribution is 5.84. The van der Waals surface area contributed by atoms with Crippen molar-refractivity contribution >= 4 is 16.6 Å². The average molecular weight is 371 g/mol. The Morgan fingerprint density at radius 3 is 2.86 bits per heavy atom. The maximum atomic E-state index is 5.74.